The molecule has 2 saturated heterocycles. The van der Waals surface area contributed by atoms with Crippen molar-refractivity contribution in [3.05, 3.63) is 0 Å². The van der Waals surface area contributed by atoms with Crippen LogP contribution >= 0.6 is 0 Å². The van der Waals surface area contributed by atoms with Crippen LogP contribution in [0.2, 0.25) is 0 Å². The summed E-state index contributed by atoms with van der Waals surface area (Å²) < 4.78 is 5.65. The summed E-state index contributed by atoms with van der Waals surface area (Å²) >= 11 is 0. The molecule has 2 fully saturated rings. The third-order valence-corrected chi connectivity index (χ3v) is 3.18. The molecule has 0 aromatic carbocycles. The molecule has 3 heteroatoms. The molecule has 0 saturated carbocycles. The lowest BCUT2D eigenvalue weighted by atomic mass is 9.86. The Balaban J connectivity index is 1.88. The lowest BCUT2D eigenvalue weighted by molar-refractivity contribution is -0.106. The van der Waals surface area contributed by atoms with Crippen molar-refractivity contribution in [1.82, 2.24) is 5.32 Å². The molecule has 3 nitrogen and oxygen atoms in total. The molecule has 13 heavy (non-hydrogen) atoms. The Kier molecular flexibility index (Phi) is 3.19. The normalized spacial score (nSPS) is 37.6. The van der Waals surface area contributed by atoms with E-state index in [1.807, 2.05) is 0 Å². The zero-order valence-corrected chi connectivity index (χ0v) is 8.04. The van der Waals surface area contributed by atoms with Crippen molar-refractivity contribution in [2.75, 3.05) is 19.7 Å². The molecular formula is C10H19NO2. The second-order valence-electron chi connectivity index (χ2n) is 4.13. The molecule has 2 N–H and O–H groups in total. The van der Waals surface area contributed by atoms with Crippen molar-refractivity contribution in [3.63, 3.8) is 0 Å². The quantitative estimate of drug-likeness (QED) is 0.626. The van der Waals surface area contributed by atoms with Crippen LogP contribution in [0, 0.1) is 5.92 Å². The van der Waals surface area contributed by atoms with Gasteiger partial charge in [0.2, 0.25) is 0 Å². The molecule has 0 bridgehead atoms. The Morgan fingerprint density at radius 1 is 1.15 bits per heavy atom. The number of aliphatic hydroxyl groups excluding tert-OH is 1. The van der Waals surface area contributed by atoms with Crippen molar-refractivity contribution >= 4 is 0 Å². The zero-order chi connectivity index (χ0) is 9.10. The van der Waals surface area contributed by atoms with Gasteiger partial charge in [0.15, 0.2) is 0 Å². The number of piperidine rings is 1. The minimum absolute atomic E-state index is 0.121. The van der Waals surface area contributed by atoms with Gasteiger partial charge in [-0.3, -0.25) is 0 Å². The summed E-state index contributed by atoms with van der Waals surface area (Å²) in [5.41, 5.74) is 0. The maximum absolute atomic E-state index is 9.78. The van der Waals surface area contributed by atoms with E-state index in [2.05, 4.69) is 5.32 Å². The van der Waals surface area contributed by atoms with E-state index in [-0.39, 0.29) is 12.2 Å². The van der Waals surface area contributed by atoms with Crippen LogP contribution in [0.3, 0.4) is 0 Å². The number of hydrogen-bond acceptors (Lipinski definition) is 3. The predicted octanol–water partition coefficient (Wildman–Crippen LogP) is 0.526. The Morgan fingerprint density at radius 3 is 2.62 bits per heavy atom. The molecule has 0 spiro atoms. The first-order valence-electron chi connectivity index (χ1n) is 5.38. The molecule has 2 heterocycles. The highest BCUT2D eigenvalue weighted by atomic mass is 16.5. The Labute approximate surface area is 79.5 Å². The lowest BCUT2D eigenvalue weighted by Gasteiger charge is -2.36. The predicted molar refractivity (Wildman–Crippen MR) is 50.6 cm³/mol. The van der Waals surface area contributed by atoms with Crippen LogP contribution in [0.15, 0.2) is 0 Å². The average molecular weight is 185 g/mol. The first-order chi connectivity index (χ1) is 6.38. The van der Waals surface area contributed by atoms with Crippen LogP contribution < -0.4 is 5.32 Å². The van der Waals surface area contributed by atoms with E-state index in [0.29, 0.717) is 5.92 Å². The monoisotopic (exact) mass is 185 g/mol. The number of hydrogen-bond donors (Lipinski definition) is 2. The summed E-state index contributed by atoms with van der Waals surface area (Å²) in [5.74, 6) is 0.580. The van der Waals surface area contributed by atoms with Gasteiger partial charge in [-0.25, -0.2) is 0 Å². The SMILES string of the molecule is O[C@H]1CCCO[C@@H]1C1CCNCC1. The fourth-order valence-electron chi connectivity index (χ4n) is 2.41. The highest BCUT2D eigenvalue weighted by molar-refractivity contribution is 4.83. The molecule has 0 amide bonds. The van der Waals surface area contributed by atoms with Gasteiger partial charge < -0.3 is 15.2 Å². The number of ether oxygens (including phenoxy) is 1. The molecule has 2 aliphatic heterocycles. The molecule has 0 radical (unpaired) electrons. The molecule has 2 atom stereocenters. The first-order valence-corrected chi connectivity index (χ1v) is 5.38. The van der Waals surface area contributed by atoms with Crippen LogP contribution in [0.4, 0.5) is 0 Å². The smallest absolute Gasteiger partial charge is 0.0862 e. The summed E-state index contributed by atoms with van der Waals surface area (Å²) in [4.78, 5) is 0. The summed E-state index contributed by atoms with van der Waals surface area (Å²) in [6.07, 6.45) is 4.16. The van der Waals surface area contributed by atoms with Crippen LogP contribution in [-0.4, -0.2) is 37.0 Å². The second-order valence-corrected chi connectivity index (χ2v) is 4.13. The summed E-state index contributed by atoms with van der Waals surface area (Å²) in [6.45, 7) is 3.00. The average Bonchev–Trinajstić information content (AvgIpc) is 2.20. The fourth-order valence-corrected chi connectivity index (χ4v) is 2.41. The number of nitrogens with one attached hydrogen (secondary N) is 1. The van der Waals surface area contributed by atoms with Gasteiger partial charge in [0.25, 0.3) is 0 Å². The van der Waals surface area contributed by atoms with Crippen molar-refractivity contribution in [3.8, 4) is 0 Å². The van der Waals surface area contributed by atoms with Gasteiger partial charge in [0.05, 0.1) is 12.2 Å². The molecule has 0 aliphatic carbocycles. The Hall–Kier alpha value is -0.120. The van der Waals surface area contributed by atoms with Gasteiger partial charge in [-0.05, 0) is 44.7 Å². The molecule has 0 aromatic rings. The van der Waals surface area contributed by atoms with E-state index < -0.39 is 0 Å². The van der Waals surface area contributed by atoms with E-state index in [4.69, 9.17) is 4.74 Å². The van der Waals surface area contributed by atoms with Crippen molar-refractivity contribution < 1.29 is 9.84 Å². The minimum Gasteiger partial charge on any atom is -0.390 e. The van der Waals surface area contributed by atoms with E-state index in [1.54, 1.807) is 0 Å². The molecule has 2 aliphatic rings. The topological polar surface area (TPSA) is 41.5 Å². The highest BCUT2D eigenvalue weighted by Crippen LogP contribution is 2.26. The van der Waals surface area contributed by atoms with E-state index in [1.165, 1.54) is 0 Å². The third kappa shape index (κ3) is 2.22. The van der Waals surface area contributed by atoms with E-state index in [9.17, 15) is 5.11 Å². The maximum atomic E-state index is 9.78. The van der Waals surface area contributed by atoms with E-state index >= 15 is 0 Å². The number of aliphatic hydroxyl groups is 1. The molecule has 0 aromatic heterocycles. The summed E-state index contributed by atoms with van der Waals surface area (Å²) in [7, 11) is 0. The lowest BCUT2D eigenvalue weighted by Crippen LogP contribution is -2.44. The van der Waals surface area contributed by atoms with Gasteiger partial charge in [0.1, 0.15) is 0 Å². The second kappa shape index (κ2) is 4.40. The van der Waals surface area contributed by atoms with Crippen LogP contribution in [0.1, 0.15) is 25.7 Å². The zero-order valence-electron chi connectivity index (χ0n) is 8.04. The van der Waals surface area contributed by atoms with Crippen molar-refractivity contribution in [1.29, 1.82) is 0 Å². The van der Waals surface area contributed by atoms with Crippen molar-refractivity contribution in [2.24, 2.45) is 5.92 Å². The minimum atomic E-state index is -0.211. The third-order valence-electron chi connectivity index (χ3n) is 3.18. The van der Waals surface area contributed by atoms with Gasteiger partial charge in [-0.2, -0.15) is 0 Å². The van der Waals surface area contributed by atoms with Crippen LogP contribution in [0.25, 0.3) is 0 Å². The maximum Gasteiger partial charge on any atom is 0.0862 e. The van der Waals surface area contributed by atoms with Gasteiger partial charge in [0, 0.05) is 6.61 Å². The number of rotatable bonds is 1. The van der Waals surface area contributed by atoms with Crippen LogP contribution in [0.5, 0.6) is 0 Å². The molecule has 0 unspecified atom stereocenters. The van der Waals surface area contributed by atoms with Gasteiger partial charge >= 0.3 is 0 Å². The first kappa shape index (κ1) is 9.44. The van der Waals surface area contributed by atoms with Crippen LogP contribution in [-0.2, 0) is 4.74 Å². The Bertz CT molecular complexity index is 157. The standard InChI is InChI=1S/C10H19NO2/c12-9-2-1-7-13-10(9)8-3-5-11-6-4-8/h8-12H,1-7H2/t9-,10+/m0/s1. The highest BCUT2D eigenvalue weighted by Gasteiger charge is 2.32. The summed E-state index contributed by atoms with van der Waals surface area (Å²) in [6, 6.07) is 0. The Morgan fingerprint density at radius 2 is 1.92 bits per heavy atom. The fraction of sp³-hybridized carbons (Fsp3) is 1.00. The van der Waals surface area contributed by atoms with Crippen molar-refractivity contribution in [2.45, 2.75) is 37.9 Å². The summed E-state index contributed by atoms with van der Waals surface area (Å²) in [5, 5.41) is 13.1. The van der Waals surface area contributed by atoms with Gasteiger partial charge in [-0.15, -0.1) is 0 Å². The van der Waals surface area contributed by atoms with Gasteiger partial charge in [-0.1, -0.05) is 0 Å². The van der Waals surface area contributed by atoms with E-state index in [0.717, 1.165) is 45.4 Å². The molecule has 76 valence electrons. The largest absolute Gasteiger partial charge is 0.390 e. The molecular weight excluding hydrogens is 166 g/mol. The molecule has 2 rings (SSSR count).